The molecule has 2 aromatic heterocycles. The summed E-state index contributed by atoms with van der Waals surface area (Å²) >= 11 is 8.38. The smallest absolute Gasteiger partial charge is 0.266 e. The van der Waals surface area contributed by atoms with Crippen LogP contribution in [0.5, 0.6) is 0 Å². The number of hydrogen-bond donors (Lipinski definition) is 0. The highest BCUT2D eigenvalue weighted by Crippen LogP contribution is 2.32. The molecule has 172 valence electrons. The Morgan fingerprint density at radius 1 is 1.25 bits per heavy atom. The van der Waals surface area contributed by atoms with Gasteiger partial charge in [0.2, 0.25) is 0 Å². The van der Waals surface area contributed by atoms with E-state index in [1.165, 1.54) is 21.7 Å². The highest BCUT2D eigenvalue weighted by molar-refractivity contribution is 7.91. The molecular formula is C21H24ClN3O4S3. The Labute approximate surface area is 200 Å². The van der Waals surface area contributed by atoms with Crippen molar-refractivity contribution in [2.24, 2.45) is 4.99 Å². The van der Waals surface area contributed by atoms with Gasteiger partial charge in [-0.05, 0) is 49.6 Å². The molecule has 7 nitrogen and oxygen atoms in total. The second kappa shape index (κ2) is 9.74. The minimum Gasteiger partial charge on any atom is -0.383 e. The van der Waals surface area contributed by atoms with Crippen molar-refractivity contribution >= 4 is 60.4 Å². The van der Waals surface area contributed by atoms with Crippen LogP contribution in [0.25, 0.3) is 10.2 Å². The second-order valence-electron chi connectivity index (χ2n) is 7.64. The molecule has 1 aliphatic heterocycles. The van der Waals surface area contributed by atoms with E-state index < -0.39 is 22.0 Å². The molecule has 1 atom stereocenters. The Hall–Kier alpha value is -1.56. The molecule has 0 aliphatic carbocycles. The van der Waals surface area contributed by atoms with Gasteiger partial charge in [0, 0.05) is 20.2 Å². The van der Waals surface area contributed by atoms with Gasteiger partial charge in [0.1, 0.15) is 10.3 Å². The third kappa shape index (κ3) is 4.71. The summed E-state index contributed by atoms with van der Waals surface area (Å²) in [6.07, 6.45) is 1.93. The van der Waals surface area contributed by atoms with Crippen LogP contribution in [-0.4, -0.2) is 49.5 Å². The Balaban J connectivity index is 1.73. The van der Waals surface area contributed by atoms with Crippen molar-refractivity contribution in [2.75, 3.05) is 20.3 Å². The fourth-order valence-corrected chi connectivity index (χ4v) is 8.25. The lowest BCUT2D eigenvalue weighted by Crippen LogP contribution is -2.47. The van der Waals surface area contributed by atoms with Crippen LogP contribution in [-0.2, 0) is 26.1 Å². The predicted octanol–water partition coefficient (Wildman–Crippen LogP) is 4.04. The second-order valence-corrected chi connectivity index (χ2v) is 12.5. The van der Waals surface area contributed by atoms with Crippen LogP contribution in [0.15, 0.2) is 39.5 Å². The molecule has 1 aliphatic rings. The molecule has 4 rings (SSSR count). The molecule has 0 radical (unpaired) electrons. The van der Waals surface area contributed by atoms with Gasteiger partial charge in [0.25, 0.3) is 15.9 Å². The maximum absolute atomic E-state index is 13.3. The predicted molar refractivity (Wildman–Crippen MR) is 128 cm³/mol. The average Bonchev–Trinajstić information content (AvgIpc) is 3.35. The number of halogens is 1. The number of sulfonamides is 1. The summed E-state index contributed by atoms with van der Waals surface area (Å²) in [5.41, 5.74) is 2.10. The molecule has 1 fully saturated rings. The third-order valence-corrected chi connectivity index (χ3v) is 10.1. The lowest BCUT2D eigenvalue weighted by molar-refractivity contribution is -0.122. The van der Waals surface area contributed by atoms with Gasteiger partial charge in [-0.3, -0.25) is 4.79 Å². The molecule has 0 saturated carbocycles. The summed E-state index contributed by atoms with van der Waals surface area (Å²) in [6.45, 7) is 3.33. The standard InChI is InChI=1S/C21H24ClN3O4S3/c1-14-6-7-15-17(13-14)30-21(24(15)11-12-29-2)23-20(26)16-5-3-4-10-25(16)32(27,28)19-9-8-18(22)31-19/h6-9,13,16H,3-5,10-12H2,1-2H3. The number of carbonyl (C=O) groups is 1. The van der Waals surface area contributed by atoms with Crippen LogP contribution in [0.2, 0.25) is 4.34 Å². The normalized spacial score (nSPS) is 18.5. The number of thiophene rings is 1. The number of piperidine rings is 1. The van der Waals surface area contributed by atoms with E-state index in [1.54, 1.807) is 13.2 Å². The summed E-state index contributed by atoms with van der Waals surface area (Å²) in [4.78, 5) is 18.3. The zero-order chi connectivity index (χ0) is 22.9. The minimum absolute atomic E-state index is 0.148. The number of ether oxygens (including phenoxy) is 1. The highest BCUT2D eigenvalue weighted by atomic mass is 35.5. The van der Waals surface area contributed by atoms with Crippen molar-refractivity contribution in [3.05, 3.63) is 45.0 Å². The zero-order valence-electron chi connectivity index (χ0n) is 17.8. The van der Waals surface area contributed by atoms with Crippen LogP contribution < -0.4 is 4.80 Å². The number of methoxy groups -OCH3 is 1. The molecule has 3 heterocycles. The van der Waals surface area contributed by atoms with Gasteiger partial charge in [0.15, 0.2) is 4.80 Å². The molecule has 32 heavy (non-hydrogen) atoms. The number of rotatable bonds is 6. The van der Waals surface area contributed by atoms with Gasteiger partial charge in [-0.2, -0.15) is 9.30 Å². The summed E-state index contributed by atoms with van der Waals surface area (Å²) in [6, 6.07) is 8.32. The monoisotopic (exact) mass is 513 g/mol. The summed E-state index contributed by atoms with van der Waals surface area (Å²) in [5, 5.41) is 0. The molecule has 11 heteroatoms. The van der Waals surface area contributed by atoms with E-state index in [-0.39, 0.29) is 4.21 Å². The van der Waals surface area contributed by atoms with Crippen LogP contribution in [0.3, 0.4) is 0 Å². The van der Waals surface area contributed by atoms with Gasteiger partial charge in [-0.25, -0.2) is 8.42 Å². The summed E-state index contributed by atoms with van der Waals surface area (Å²) < 4.78 is 36.5. The van der Waals surface area contributed by atoms with Crippen molar-refractivity contribution in [3.8, 4) is 0 Å². The van der Waals surface area contributed by atoms with Crippen molar-refractivity contribution in [3.63, 3.8) is 0 Å². The van der Waals surface area contributed by atoms with E-state index in [4.69, 9.17) is 16.3 Å². The van der Waals surface area contributed by atoms with E-state index in [9.17, 15) is 13.2 Å². The van der Waals surface area contributed by atoms with E-state index in [2.05, 4.69) is 11.1 Å². The molecule has 3 aromatic rings. The van der Waals surface area contributed by atoms with Crippen molar-refractivity contribution in [2.45, 2.75) is 43.0 Å². The van der Waals surface area contributed by atoms with Crippen LogP contribution in [0, 0.1) is 6.92 Å². The number of hydrogen-bond acceptors (Lipinski definition) is 6. The lowest BCUT2D eigenvalue weighted by Gasteiger charge is -2.31. The Bertz CT molecular complexity index is 1310. The molecule has 1 aromatic carbocycles. The van der Waals surface area contributed by atoms with E-state index in [0.29, 0.717) is 41.7 Å². The van der Waals surface area contributed by atoms with Crippen molar-refractivity contribution in [1.29, 1.82) is 0 Å². The van der Waals surface area contributed by atoms with Crippen LogP contribution >= 0.6 is 34.3 Å². The maximum atomic E-state index is 13.3. The number of fused-ring (bicyclic) bond motifs is 1. The minimum atomic E-state index is -3.82. The van der Waals surface area contributed by atoms with E-state index in [1.807, 2.05) is 23.6 Å². The molecule has 1 unspecified atom stereocenters. The van der Waals surface area contributed by atoms with E-state index in [0.717, 1.165) is 33.5 Å². The van der Waals surface area contributed by atoms with Gasteiger partial charge in [-0.15, -0.1) is 11.3 Å². The summed E-state index contributed by atoms with van der Waals surface area (Å²) in [5.74, 6) is -0.439. The first kappa shape index (κ1) is 23.6. The first-order chi connectivity index (χ1) is 15.3. The molecular weight excluding hydrogens is 490 g/mol. The number of aromatic nitrogens is 1. The van der Waals surface area contributed by atoms with Crippen molar-refractivity contribution in [1.82, 2.24) is 8.87 Å². The first-order valence-corrected chi connectivity index (χ1v) is 13.7. The van der Waals surface area contributed by atoms with Gasteiger partial charge in [-0.1, -0.05) is 35.4 Å². The lowest BCUT2D eigenvalue weighted by atomic mass is 10.0. The summed E-state index contributed by atoms with van der Waals surface area (Å²) in [7, 11) is -2.19. The number of nitrogens with zero attached hydrogens (tertiary/aromatic N) is 3. The largest absolute Gasteiger partial charge is 0.383 e. The molecule has 1 amide bonds. The maximum Gasteiger partial charge on any atom is 0.266 e. The van der Waals surface area contributed by atoms with Crippen molar-refractivity contribution < 1.29 is 17.9 Å². The highest BCUT2D eigenvalue weighted by Gasteiger charge is 2.38. The Kier molecular flexibility index (Phi) is 7.18. The zero-order valence-corrected chi connectivity index (χ0v) is 21.0. The third-order valence-electron chi connectivity index (χ3n) is 5.41. The number of benzene rings is 1. The SMILES string of the molecule is COCCn1c(=NC(=O)C2CCCCN2S(=O)(=O)c2ccc(Cl)s2)sc2cc(C)ccc21. The number of thiazole rings is 1. The van der Waals surface area contributed by atoms with Gasteiger partial charge in [0.05, 0.1) is 21.2 Å². The van der Waals surface area contributed by atoms with Crippen LogP contribution in [0.1, 0.15) is 24.8 Å². The van der Waals surface area contributed by atoms with E-state index >= 15 is 0 Å². The Morgan fingerprint density at radius 2 is 2.06 bits per heavy atom. The molecule has 1 saturated heterocycles. The molecule has 0 spiro atoms. The molecule has 0 bridgehead atoms. The Morgan fingerprint density at radius 3 is 2.78 bits per heavy atom. The number of carbonyl (C=O) groups excluding carboxylic acids is 1. The quantitative estimate of drug-likeness (QED) is 0.498. The fraction of sp³-hybridized carbons (Fsp3) is 0.429. The topological polar surface area (TPSA) is 81.0 Å². The van der Waals surface area contributed by atoms with Crippen LogP contribution in [0.4, 0.5) is 0 Å². The van der Waals surface area contributed by atoms with Gasteiger partial charge >= 0.3 is 0 Å². The van der Waals surface area contributed by atoms with Gasteiger partial charge < -0.3 is 9.30 Å². The fourth-order valence-electron chi connectivity index (χ4n) is 3.82. The first-order valence-electron chi connectivity index (χ1n) is 10.3. The number of amides is 1. The molecule has 0 N–H and O–H groups in total. The average molecular weight is 514 g/mol. The number of aryl methyl sites for hydroxylation is 1.